The first-order chi connectivity index (χ1) is 9.61. The maximum atomic E-state index is 14.2. The number of benzene rings is 1. The van der Waals surface area contributed by atoms with E-state index in [1.807, 2.05) is 6.07 Å². The summed E-state index contributed by atoms with van der Waals surface area (Å²) in [6.07, 6.45) is 2.63. The second-order valence-electron chi connectivity index (χ2n) is 5.76. The number of ether oxygens (including phenoxy) is 2. The summed E-state index contributed by atoms with van der Waals surface area (Å²) in [6.45, 7) is 2.06. The molecule has 3 atom stereocenters. The molecule has 1 aromatic carbocycles. The lowest BCUT2D eigenvalue weighted by atomic mass is 9.79. The zero-order valence-corrected chi connectivity index (χ0v) is 12.9. The van der Waals surface area contributed by atoms with Crippen molar-refractivity contribution < 1.29 is 13.9 Å². The summed E-state index contributed by atoms with van der Waals surface area (Å²) in [4.78, 5) is 0. The molecule has 110 valence electrons. The normalized spacial score (nSPS) is 31.6. The molecule has 3 unspecified atom stereocenters. The molecule has 5 heteroatoms. The summed E-state index contributed by atoms with van der Waals surface area (Å²) in [5.41, 5.74) is 6.73. The van der Waals surface area contributed by atoms with Gasteiger partial charge in [0.2, 0.25) is 0 Å². The van der Waals surface area contributed by atoms with E-state index >= 15 is 0 Å². The molecule has 20 heavy (non-hydrogen) atoms. The van der Waals surface area contributed by atoms with Gasteiger partial charge in [0.05, 0.1) is 16.7 Å². The Hall–Kier alpha value is -0.490. The van der Waals surface area contributed by atoms with E-state index in [1.165, 1.54) is 0 Å². The molecule has 2 heterocycles. The van der Waals surface area contributed by atoms with Crippen molar-refractivity contribution in [3.63, 3.8) is 0 Å². The molecule has 2 saturated heterocycles. The van der Waals surface area contributed by atoms with E-state index in [9.17, 15) is 4.39 Å². The predicted octanol–water partition coefficient (Wildman–Crippen LogP) is 3.17. The number of hydrogen-bond acceptors (Lipinski definition) is 3. The molecule has 0 saturated carbocycles. The van der Waals surface area contributed by atoms with Crippen molar-refractivity contribution in [3.05, 3.63) is 34.1 Å². The molecule has 1 spiro atoms. The first-order valence-corrected chi connectivity index (χ1v) is 7.82. The van der Waals surface area contributed by atoms with Crippen LogP contribution in [0.1, 0.15) is 30.9 Å². The predicted molar refractivity (Wildman–Crippen MR) is 77.9 cm³/mol. The Bertz CT molecular complexity index is 491. The number of rotatable bonds is 2. The van der Waals surface area contributed by atoms with Crippen LogP contribution in [0.5, 0.6) is 0 Å². The van der Waals surface area contributed by atoms with Crippen molar-refractivity contribution in [3.8, 4) is 0 Å². The minimum atomic E-state index is -0.297. The Kier molecular flexibility index (Phi) is 4.13. The van der Waals surface area contributed by atoms with E-state index in [-0.39, 0.29) is 23.4 Å². The molecule has 3 rings (SSSR count). The molecule has 0 aromatic heterocycles. The van der Waals surface area contributed by atoms with Crippen molar-refractivity contribution in [2.75, 3.05) is 19.8 Å². The van der Waals surface area contributed by atoms with Gasteiger partial charge in [0.25, 0.3) is 0 Å². The number of nitrogens with two attached hydrogens (primary N) is 1. The third-order valence-corrected chi connectivity index (χ3v) is 5.06. The zero-order valence-electron chi connectivity index (χ0n) is 11.3. The lowest BCUT2D eigenvalue weighted by Crippen LogP contribution is -2.43. The largest absolute Gasteiger partial charge is 0.378 e. The highest BCUT2D eigenvalue weighted by Gasteiger charge is 2.42. The number of hydrogen-bond donors (Lipinski definition) is 1. The van der Waals surface area contributed by atoms with E-state index in [0.29, 0.717) is 23.2 Å². The average molecular weight is 344 g/mol. The molecular weight excluding hydrogens is 325 g/mol. The van der Waals surface area contributed by atoms with Gasteiger partial charge >= 0.3 is 0 Å². The molecule has 3 nitrogen and oxygen atoms in total. The SMILES string of the molecule is NC(c1cccc(Br)c1F)C1CCOC2(CCOC2)C1. The molecule has 2 N–H and O–H groups in total. The molecule has 2 fully saturated rings. The molecule has 0 aliphatic carbocycles. The third-order valence-electron chi connectivity index (χ3n) is 4.45. The molecule has 1 aromatic rings. The van der Waals surface area contributed by atoms with Gasteiger partial charge in [-0.15, -0.1) is 0 Å². The van der Waals surface area contributed by atoms with Crippen LogP contribution in [0.4, 0.5) is 4.39 Å². The highest BCUT2D eigenvalue weighted by atomic mass is 79.9. The third kappa shape index (κ3) is 2.64. The number of halogens is 2. The van der Waals surface area contributed by atoms with Crippen LogP contribution in [0.2, 0.25) is 0 Å². The van der Waals surface area contributed by atoms with E-state index < -0.39 is 0 Å². The summed E-state index contributed by atoms with van der Waals surface area (Å²) >= 11 is 3.22. The standard InChI is InChI=1S/C15H19BrFNO2/c16-12-3-1-2-11(13(12)17)14(18)10-4-6-20-15(8-10)5-7-19-9-15/h1-3,10,14H,4-9,18H2. The van der Waals surface area contributed by atoms with Crippen LogP contribution in [-0.4, -0.2) is 25.4 Å². The van der Waals surface area contributed by atoms with Crippen molar-refractivity contribution in [1.29, 1.82) is 0 Å². The minimum Gasteiger partial charge on any atom is -0.378 e. The lowest BCUT2D eigenvalue weighted by Gasteiger charge is -2.39. The molecule has 0 bridgehead atoms. The van der Waals surface area contributed by atoms with Crippen molar-refractivity contribution in [2.45, 2.75) is 30.9 Å². The monoisotopic (exact) mass is 343 g/mol. The maximum Gasteiger partial charge on any atom is 0.142 e. The fraction of sp³-hybridized carbons (Fsp3) is 0.600. The molecule has 2 aliphatic heterocycles. The van der Waals surface area contributed by atoms with Crippen molar-refractivity contribution in [2.24, 2.45) is 11.7 Å². The highest BCUT2D eigenvalue weighted by molar-refractivity contribution is 9.10. The van der Waals surface area contributed by atoms with Crippen LogP contribution in [0, 0.1) is 11.7 Å². The summed E-state index contributed by atoms with van der Waals surface area (Å²) in [5, 5.41) is 0. The van der Waals surface area contributed by atoms with Gasteiger partial charge in [0, 0.05) is 31.2 Å². The van der Waals surface area contributed by atoms with Gasteiger partial charge in [0.15, 0.2) is 0 Å². The first kappa shape index (κ1) is 14.4. The van der Waals surface area contributed by atoms with Crippen molar-refractivity contribution in [1.82, 2.24) is 0 Å². The average Bonchev–Trinajstić information content (AvgIpc) is 2.89. The Morgan fingerprint density at radius 1 is 1.40 bits per heavy atom. The quantitative estimate of drug-likeness (QED) is 0.896. The van der Waals surface area contributed by atoms with Crippen LogP contribution in [-0.2, 0) is 9.47 Å². The van der Waals surface area contributed by atoms with Gasteiger partial charge in [-0.05, 0) is 40.8 Å². The minimum absolute atomic E-state index is 0.191. The zero-order chi connectivity index (χ0) is 14.2. The van der Waals surface area contributed by atoms with Crippen LogP contribution >= 0.6 is 15.9 Å². The summed E-state index contributed by atoms with van der Waals surface area (Å²) in [6, 6.07) is 5.00. The Morgan fingerprint density at radius 2 is 2.25 bits per heavy atom. The van der Waals surface area contributed by atoms with Crippen molar-refractivity contribution >= 4 is 15.9 Å². The maximum absolute atomic E-state index is 14.2. The van der Waals surface area contributed by atoms with E-state index in [2.05, 4.69) is 15.9 Å². The van der Waals surface area contributed by atoms with Gasteiger partial charge in [0.1, 0.15) is 5.82 Å². The van der Waals surface area contributed by atoms with Crippen LogP contribution in [0.3, 0.4) is 0 Å². The summed E-state index contributed by atoms with van der Waals surface area (Å²) in [7, 11) is 0. The van der Waals surface area contributed by atoms with Crippen LogP contribution in [0.25, 0.3) is 0 Å². The fourth-order valence-corrected chi connectivity index (χ4v) is 3.65. The summed E-state index contributed by atoms with van der Waals surface area (Å²) in [5.74, 6) is -0.0162. The second kappa shape index (κ2) is 5.72. The molecule has 2 aliphatic rings. The van der Waals surface area contributed by atoms with Crippen LogP contribution in [0.15, 0.2) is 22.7 Å². The fourth-order valence-electron chi connectivity index (χ4n) is 3.27. The molecule has 0 amide bonds. The Labute approximate surface area is 126 Å². The van der Waals surface area contributed by atoms with E-state index in [0.717, 1.165) is 25.9 Å². The molecule has 0 radical (unpaired) electrons. The first-order valence-electron chi connectivity index (χ1n) is 7.02. The van der Waals surface area contributed by atoms with Gasteiger partial charge in [-0.2, -0.15) is 0 Å². The smallest absolute Gasteiger partial charge is 0.142 e. The van der Waals surface area contributed by atoms with Gasteiger partial charge in [-0.1, -0.05) is 12.1 Å². The van der Waals surface area contributed by atoms with E-state index in [4.69, 9.17) is 15.2 Å². The van der Waals surface area contributed by atoms with Gasteiger partial charge in [-0.25, -0.2) is 4.39 Å². The topological polar surface area (TPSA) is 44.5 Å². The van der Waals surface area contributed by atoms with Gasteiger partial charge < -0.3 is 15.2 Å². The van der Waals surface area contributed by atoms with Gasteiger partial charge in [-0.3, -0.25) is 0 Å². The highest BCUT2D eigenvalue weighted by Crippen LogP contribution is 2.41. The van der Waals surface area contributed by atoms with E-state index in [1.54, 1.807) is 12.1 Å². The summed E-state index contributed by atoms with van der Waals surface area (Å²) < 4.78 is 26.0. The Morgan fingerprint density at radius 3 is 3.00 bits per heavy atom. The lowest BCUT2D eigenvalue weighted by molar-refractivity contribution is -0.101. The Balaban J connectivity index is 1.79. The second-order valence-corrected chi connectivity index (χ2v) is 6.61. The van der Waals surface area contributed by atoms with Crippen LogP contribution < -0.4 is 5.73 Å². The molecular formula is C15H19BrFNO2.